The predicted molar refractivity (Wildman–Crippen MR) is 84.5 cm³/mol. The fourth-order valence-corrected chi connectivity index (χ4v) is 2.39. The van der Waals surface area contributed by atoms with E-state index >= 15 is 0 Å². The minimum absolute atomic E-state index is 0.231. The summed E-state index contributed by atoms with van der Waals surface area (Å²) in [7, 11) is 0. The van der Waals surface area contributed by atoms with E-state index in [1.807, 2.05) is 30.3 Å². The van der Waals surface area contributed by atoms with Gasteiger partial charge in [0.15, 0.2) is 11.5 Å². The summed E-state index contributed by atoms with van der Waals surface area (Å²) in [5.74, 6) is 0.826. The highest BCUT2D eigenvalue weighted by Gasteiger charge is 2.04. The molecule has 0 aliphatic carbocycles. The normalized spacial score (nSPS) is 10.8. The molecule has 2 heteroatoms. The van der Waals surface area contributed by atoms with E-state index in [0.717, 1.165) is 17.2 Å². The van der Waals surface area contributed by atoms with Gasteiger partial charge in [-0.15, -0.1) is 0 Å². The highest BCUT2D eigenvalue weighted by molar-refractivity contribution is 5.85. The van der Waals surface area contributed by atoms with E-state index in [2.05, 4.69) is 6.92 Å². The van der Waals surface area contributed by atoms with Gasteiger partial charge in [0.1, 0.15) is 0 Å². The SMILES string of the molecule is CCCCCCCCOc1cc2ccccc2cc1O. The molecule has 2 rings (SSSR count). The topological polar surface area (TPSA) is 29.5 Å². The number of phenols is 1. The number of rotatable bonds is 8. The minimum Gasteiger partial charge on any atom is -0.504 e. The lowest BCUT2D eigenvalue weighted by Crippen LogP contribution is -1.97. The maximum atomic E-state index is 9.96. The van der Waals surface area contributed by atoms with Gasteiger partial charge < -0.3 is 9.84 Å². The van der Waals surface area contributed by atoms with Crippen LogP contribution in [0.5, 0.6) is 11.5 Å². The summed E-state index contributed by atoms with van der Waals surface area (Å²) < 4.78 is 5.70. The molecule has 0 fully saturated rings. The van der Waals surface area contributed by atoms with Gasteiger partial charge in [-0.1, -0.05) is 63.3 Å². The van der Waals surface area contributed by atoms with Crippen LogP contribution in [0.3, 0.4) is 0 Å². The van der Waals surface area contributed by atoms with Crippen LogP contribution in [0.1, 0.15) is 45.4 Å². The molecule has 0 saturated heterocycles. The molecular formula is C18H24O2. The first-order valence-corrected chi connectivity index (χ1v) is 7.66. The summed E-state index contributed by atoms with van der Waals surface area (Å²) >= 11 is 0. The largest absolute Gasteiger partial charge is 0.504 e. The van der Waals surface area contributed by atoms with E-state index in [0.29, 0.717) is 12.4 Å². The lowest BCUT2D eigenvalue weighted by Gasteiger charge is -2.09. The molecule has 0 aliphatic heterocycles. The van der Waals surface area contributed by atoms with Gasteiger partial charge in [-0.05, 0) is 29.3 Å². The lowest BCUT2D eigenvalue weighted by molar-refractivity contribution is 0.289. The van der Waals surface area contributed by atoms with Crippen molar-refractivity contribution in [1.82, 2.24) is 0 Å². The van der Waals surface area contributed by atoms with Crippen molar-refractivity contribution in [1.29, 1.82) is 0 Å². The van der Waals surface area contributed by atoms with Gasteiger partial charge in [0, 0.05) is 0 Å². The van der Waals surface area contributed by atoms with Gasteiger partial charge in [-0.3, -0.25) is 0 Å². The van der Waals surface area contributed by atoms with Crippen molar-refractivity contribution in [2.24, 2.45) is 0 Å². The van der Waals surface area contributed by atoms with Crippen LogP contribution in [0.4, 0.5) is 0 Å². The summed E-state index contributed by atoms with van der Waals surface area (Å²) in [6.45, 7) is 2.91. The molecule has 0 aromatic heterocycles. The second kappa shape index (κ2) is 7.78. The maximum absolute atomic E-state index is 9.96. The monoisotopic (exact) mass is 272 g/mol. The minimum atomic E-state index is 0.231. The van der Waals surface area contributed by atoms with Crippen LogP contribution in [-0.2, 0) is 0 Å². The van der Waals surface area contributed by atoms with E-state index < -0.39 is 0 Å². The number of aromatic hydroxyl groups is 1. The molecule has 0 heterocycles. The summed E-state index contributed by atoms with van der Waals surface area (Å²) in [6.07, 6.45) is 7.46. The second-order valence-electron chi connectivity index (χ2n) is 5.28. The van der Waals surface area contributed by atoms with E-state index in [-0.39, 0.29) is 5.75 Å². The van der Waals surface area contributed by atoms with Crippen LogP contribution in [0.15, 0.2) is 36.4 Å². The van der Waals surface area contributed by atoms with Crippen molar-refractivity contribution in [2.75, 3.05) is 6.61 Å². The molecule has 0 unspecified atom stereocenters. The first-order chi connectivity index (χ1) is 9.81. The van der Waals surface area contributed by atoms with Gasteiger partial charge in [0.05, 0.1) is 6.61 Å². The van der Waals surface area contributed by atoms with Crippen molar-refractivity contribution in [3.05, 3.63) is 36.4 Å². The summed E-state index contributed by atoms with van der Waals surface area (Å²) in [5.41, 5.74) is 0. The van der Waals surface area contributed by atoms with Crippen LogP contribution >= 0.6 is 0 Å². The predicted octanol–water partition coefficient (Wildman–Crippen LogP) is 5.28. The van der Waals surface area contributed by atoms with E-state index in [4.69, 9.17) is 4.74 Å². The Bertz CT molecular complexity index is 534. The Morgan fingerprint density at radius 3 is 2.30 bits per heavy atom. The van der Waals surface area contributed by atoms with Crippen LogP contribution < -0.4 is 4.74 Å². The zero-order valence-corrected chi connectivity index (χ0v) is 12.3. The summed E-state index contributed by atoms with van der Waals surface area (Å²) in [4.78, 5) is 0. The molecule has 2 aromatic carbocycles. The van der Waals surface area contributed by atoms with Gasteiger partial charge >= 0.3 is 0 Å². The van der Waals surface area contributed by atoms with Gasteiger partial charge in [0.25, 0.3) is 0 Å². The molecule has 20 heavy (non-hydrogen) atoms. The Balaban J connectivity index is 1.82. The van der Waals surface area contributed by atoms with Crippen molar-refractivity contribution >= 4 is 10.8 Å². The molecule has 0 bridgehead atoms. The Hall–Kier alpha value is -1.70. The smallest absolute Gasteiger partial charge is 0.161 e. The van der Waals surface area contributed by atoms with Crippen LogP contribution in [0.2, 0.25) is 0 Å². The van der Waals surface area contributed by atoms with Crippen molar-refractivity contribution in [3.63, 3.8) is 0 Å². The quantitative estimate of drug-likeness (QED) is 0.662. The maximum Gasteiger partial charge on any atom is 0.161 e. The van der Waals surface area contributed by atoms with Gasteiger partial charge in [-0.25, -0.2) is 0 Å². The fourth-order valence-electron chi connectivity index (χ4n) is 2.39. The Kier molecular flexibility index (Phi) is 5.72. The average molecular weight is 272 g/mol. The van der Waals surface area contributed by atoms with Gasteiger partial charge in [-0.2, -0.15) is 0 Å². The first-order valence-electron chi connectivity index (χ1n) is 7.66. The molecule has 2 nitrogen and oxygen atoms in total. The molecule has 108 valence electrons. The van der Waals surface area contributed by atoms with Crippen LogP contribution in [0, 0.1) is 0 Å². The molecule has 1 N–H and O–H groups in total. The van der Waals surface area contributed by atoms with E-state index in [1.165, 1.54) is 32.1 Å². The fraction of sp³-hybridized carbons (Fsp3) is 0.444. The number of phenolic OH excluding ortho intramolecular Hbond substituents is 1. The third kappa shape index (κ3) is 4.16. The molecule has 0 radical (unpaired) electrons. The summed E-state index contributed by atoms with van der Waals surface area (Å²) in [5, 5.41) is 12.1. The van der Waals surface area contributed by atoms with Crippen LogP contribution in [0.25, 0.3) is 10.8 Å². The third-order valence-corrected chi connectivity index (χ3v) is 3.58. The number of hydrogen-bond donors (Lipinski definition) is 1. The molecule has 0 atom stereocenters. The van der Waals surface area contributed by atoms with Crippen molar-refractivity contribution in [3.8, 4) is 11.5 Å². The van der Waals surface area contributed by atoms with Gasteiger partial charge in [0.2, 0.25) is 0 Å². The zero-order valence-electron chi connectivity index (χ0n) is 12.3. The van der Waals surface area contributed by atoms with E-state index in [9.17, 15) is 5.11 Å². The Morgan fingerprint density at radius 2 is 1.55 bits per heavy atom. The Labute approximate surface area is 121 Å². The highest BCUT2D eigenvalue weighted by atomic mass is 16.5. The summed E-state index contributed by atoms with van der Waals surface area (Å²) in [6, 6.07) is 11.7. The standard InChI is InChI=1S/C18H24O2/c1-2-3-4-5-6-9-12-20-18-14-16-11-8-7-10-15(16)13-17(18)19/h7-8,10-11,13-14,19H,2-6,9,12H2,1H3. The number of hydrogen-bond acceptors (Lipinski definition) is 2. The molecule has 0 spiro atoms. The average Bonchev–Trinajstić information content (AvgIpc) is 2.46. The number of fused-ring (bicyclic) bond motifs is 1. The van der Waals surface area contributed by atoms with Crippen molar-refractivity contribution in [2.45, 2.75) is 45.4 Å². The van der Waals surface area contributed by atoms with Crippen molar-refractivity contribution < 1.29 is 9.84 Å². The molecule has 2 aromatic rings. The second-order valence-corrected chi connectivity index (χ2v) is 5.28. The van der Waals surface area contributed by atoms with E-state index in [1.54, 1.807) is 6.07 Å². The molecular weight excluding hydrogens is 248 g/mol. The number of benzene rings is 2. The number of ether oxygens (including phenoxy) is 1. The molecule has 0 amide bonds. The Morgan fingerprint density at radius 1 is 0.900 bits per heavy atom. The third-order valence-electron chi connectivity index (χ3n) is 3.58. The molecule has 0 saturated carbocycles. The highest BCUT2D eigenvalue weighted by Crippen LogP contribution is 2.31. The zero-order chi connectivity index (χ0) is 14.2. The lowest BCUT2D eigenvalue weighted by atomic mass is 10.1. The van der Waals surface area contributed by atoms with Crippen LogP contribution in [-0.4, -0.2) is 11.7 Å². The number of unbranched alkanes of at least 4 members (excludes halogenated alkanes) is 5. The first kappa shape index (κ1) is 14.7. The molecule has 0 aliphatic rings.